The lowest BCUT2D eigenvalue weighted by Crippen LogP contribution is -2.49. The molecule has 1 aromatic carbocycles. The van der Waals surface area contributed by atoms with Crippen LogP contribution in [0.1, 0.15) is 5.69 Å². The van der Waals surface area contributed by atoms with Gasteiger partial charge in [0.25, 0.3) is 0 Å². The number of pyridine rings is 1. The van der Waals surface area contributed by atoms with E-state index in [0.29, 0.717) is 6.54 Å². The van der Waals surface area contributed by atoms with E-state index in [1.807, 2.05) is 43.7 Å². The van der Waals surface area contributed by atoms with Gasteiger partial charge in [-0.1, -0.05) is 23.9 Å². The third-order valence-electron chi connectivity index (χ3n) is 5.60. The minimum absolute atomic E-state index is 0. The van der Waals surface area contributed by atoms with Crippen LogP contribution in [0, 0.1) is 6.92 Å². The van der Waals surface area contributed by atoms with Crippen molar-refractivity contribution < 1.29 is 4.79 Å². The maximum Gasteiger partial charge on any atom is 0.238 e. The number of carbonyl (C=O) groups excluding carboxylic acids is 1. The van der Waals surface area contributed by atoms with Gasteiger partial charge in [0.05, 0.1) is 23.3 Å². The number of benzene rings is 1. The molecule has 2 aromatic heterocycles. The van der Waals surface area contributed by atoms with E-state index in [4.69, 9.17) is 0 Å². The zero-order valence-corrected chi connectivity index (χ0v) is 26.6. The highest BCUT2D eigenvalue weighted by molar-refractivity contribution is 7.99. The van der Waals surface area contributed by atoms with Crippen LogP contribution in [0.3, 0.4) is 0 Å². The molecule has 3 aromatic rings. The van der Waals surface area contributed by atoms with Crippen molar-refractivity contribution in [3.05, 3.63) is 36.0 Å². The summed E-state index contributed by atoms with van der Waals surface area (Å²) in [7, 11) is 0. The lowest BCUT2D eigenvalue weighted by molar-refractivity contribution is -0.117. The maximum absolute atomic E-state index is 12.8. The van der Waals surface area contributed by atoms with Gasteiger partial charge in [-0.05, 0) is 37.6 Å². The van der Waals surface area contributed by atoms with Crippen LogP contribution in [0.15, 0.2) is 45.4 Å². The van der Waals surface area contributed by atoms with E-state index in [-0.39, 0.29) is 55.5 Å². The first-order valence-electron chi connectivity index (χ1n) is 11.0. The Morgan fingerprint density at radius 1 is 1.00 bits per heavy atom. The van der Waals surface area contributed by atoms with E-state index in [1.165, 1.54) is 0 Å². The predicted octanol–water partition coefficient (Wildman–Crippen LogP) is 5.75. The van der Waals surface area contributed by atoms with Gasteiger partial charge in [0.1, 0.15) is 5.03 Å². The van der Waals surface area contributed by atoms with Crippen LogP contribution in [0.4, 0.5) is 5.69 Å². The molecule has 0 radical (unpaired) electrons. The summed E-state index contributed by atoms with van der Waals surface area (Å²) < 4.78 is 0. The first-order valence-corrected chi connectivity index (χ1v) is 14.4. The SMILES string of the molecule is CSc1cc(C)nc(SC)c1NC(=O)CN1CCN(CCSc2nc3ccccc3[nH]2)CC1.Cl.Cl.Cl.Cl. The van der Waals surface area contributed by atoms with E-state index in [2.05, 4.69) is 36.1 Å². The number of anilines is 1. The highest BCUT2D eigenvalue weighted by atomic mass is 35.5. The molecule has 14 heteroatoms. The second-order valence-electron chi connectivity index (χ2n) is 7.92. The minimum Gasteiger partial charge on any atom is -0.333 e. The van der Waals surface area contributed by atoms with Crippen molar-refractivity contribution in [1.82, 2.24) is 24.8 Å². The minimum atomic E-state index is 0. The van der Waals surface area contributed by atoms with Crippen molar-refractivity contribution in [2.75, 3.05) is 62.8 Å². The Morgan fingerprint density at radius 3 is 2.32 bits per heavy atom. The fraction of sp³-hybridized carbons (Fsp3) is 0.435. The summed E-state index contributed by atoms with van der Waals surface area (Å²) in [5.74, 6) is 1.02. The molecule has 7 nitrogen and oxygen atoms in total. The number of aromatic amines is 1. The lowest BCUT2D eigenvalue weighted by atomic mass is 10.3. The number of amides is 1. The largest absolute Gasteiger partial charge is 0.333 e. The number of fused-ring (bicyclic) bond motifs is 1. The van der Waals surface area contributed by atoms with Gasteiger partial charge in [-0.15, -0.1) is 73.2 Å². The Labute approximate surface area is 256 Å². The number of carbonyl (C=O) groups is 1. The zero-order chi connectivity index (χ0) is 23.2. The Balaban J connectivity index is 0.00000324. The van der Waals surface area contributed by atoms with E-state index in [1.54, 1.807) is 35.3 Å². The summed E-state index contributed by atoms with van der Waals surface area (Å²) in [6.07, 6.45) is 4.02. The molecule has 0 unspecified atom stereocenters. The molecule has 1 aliphatic heterocycles. The quantitative estimate of drug-likeness (QED) is 0.285. The summed E-state index contributed by atoms with van der Waals surface area (Å²) in [5, 5.41) is 4.97. The van der Waals surface area contributed by atoms with Gasteiger partial charge in [0.15, 0.2) is 5.16 Å². The van der Waals surface area contributed by atoms with Gasteiger partial charge in [-0.2, -0.15) is 0 Å². The van der Waals surface area contributed by atoms with Crippen molar-refractivity contribution in [2.24, 2.45) is 0 Å². The predicted molar refractivity (Wildman–Crippen MR) is 170 cm³/mol. The second kappa shape index (κ2) is 17.9. The van der Waals surface area contributed by atoms with Crippen LogP contribution in [-0.4, -0.2) is 88.2 Å². The number of hydrogen-bond donors (Lipinski definition) is 2. The molecule has 3 heterocycles. The summed E-state index contributed by atoms with van der Waals surface area (Å²) in [6.45, 7) is 7.18. The van der Waals surface area contributed by atoms with Crippen LogP contribution in [-0.2, 0) is 4.79 Å². The van der Waals surface area contributed by atoms with Crippen LogP contribution in [0.2, 0.25) is 0 Å². The first-order chi connectivity index (χ1) is 16.1. The molecule has 0 bridgehead atoms. The van der Waals surface area contributed by atoms with Crippen molar-refractivity contribution in [3.8, 4) is 0 Å². The average Bonchev–Trinajstić information content (AvgIpc) is 3.23. The van der Waals surface area contributed by atoms with Crippen molar-refractivity contribution in [2.45, 2.75) is 22.0 Å². The number of aromatic nitrogens is 3. The maximum atomic E-state index is 12.8. The molecule has 0 saturated carbocycles. The van der Waals surface area contributed by atoms with Crippen LogP contribution >= 0.6 is 84.9 Å². The Morgan fingerprint density at radius 2 is 1.68 bits per heavy atom. The number of H-pyrrole nitrogens is 1. The molecule has 1 aliphatic rings. The normalized spacial score (nSPS) is 13.6. The molecular weight excluding hydrogens is 614 g/mol. The Bertz CT molecular complexity index is 1060. The fourth-order valence-electron chi connectivity index (χ4n) is 3.86. The molecule has 4 rings (SSSR count). The molecule has 208 valence electrons. The van der Waals surface area contributed by atoms with Crippen LogP contribution in [0.25, 0.3) is 11.0 Å². The summed E-state index contributed by atoms with van der Waals surface area (Å²) >= 11 is 4.97. The van der Waals surface area contributed by atoms with Crippen molar-refractivity contribution in [1.29, 1.82) is 0 Å². The number of para-hydroxylation sites is 2. The van der Waals surface area contributed by atoms with Crippen molar-refractivity contribution >= 4 is 108 Å². The van der Waals surface area contributed by atoms with E-state index in [0.717, 1.165) is 76.0 Å². The van der Waals surface area contributed by atoms with Gasteiger partial charge in [-0.3, -0.25) is 14.6 Å². The fourth-order valence-corrected chi connectivity index (χ4v) is 6.05. The van der Waals surface area contributed by atoms with E-state index >= 15 is 0 Å². The number of nitrogens with zero attached hydrogens (tertiary/aromatic N) is 4. The van der Waals surface area contributed by atoms with E-state index in [9.17, 15) is 4.79 Å². The molecule has 1 saturated heterocycles. The lowest BCUT2D eigenvalue weighted by Gasteiger charge is -2.34. The number of nitrogens with one attached hydrogen (secondary N) is 2. The summed E-state index contributed by atoms with van der Waals surface area (Å²) in [6, 6.07) is 10.2. The summed E-state index contributed by atoms with van der Waals surface area (Å²) in [5.41, 5.74) is 3.91. The molecule has 0 aliphatic carbocycles. The monoisotopic (exact) mass is 646 g/mol. The third kappa shape index (κ3) is 10.2. The smallest absolute Gasteiger partial charge is 0.238 e. The van der Waals surface area contributed by atoms with Gasteiger partial charge in [0, 0.05) is 49.1 Å². The number of thioether (sulfide) groups is 3. The molecule has 1 fully saturated rings. The highest BCUT2D eigenvalue weighted by Gasteiger charge is 2.20. The van der Waals surface area contributed by atoms with Crippen molar-refractivity contribution in [3.63, 3.8) is 0 Å². The van der Waals surface area contributed by atoms with Crippen LogP contribution < -0.4 is 5.32 Å². The molecule has 0 atom stereocenters. The van der Waals surface area contributed by atoms with Gasteiger partial charge >= 0.3 is 0 Å². The Kier molecular flexibility index (Phi) is 17.6. The number of piperazine rings is 1. The standard InChI is InChI=1S/C23H30N6OS3.4ClH/c1-16-14-19(31-2)21(22(24-16)32-3)27-20(30)15-29-10-8-28(9-11-29)12-13-33-23-25-17-6-4-5-7-18(17)26-23;;;;/h4-7,14H,8-13,15H2,1-3H3,(H,25,26)(H,27,30);4*1H. The number of halogens is 4. The van der Waals surface area contributed by atoms with Gasteiger partial charge < -0.3 is 10.3 Å². The second-order valence-corrected chi connectivity index (χ2v) is 10.7. The molecule has 37 heavy (non-hydrogen) atoms. The molecular formula is C23H34Cl4N6OS3. The van der Waals surface area contributed by atoms with Gasteiger partial charge in [-0.25, -0.2) is 9.97 Å². The topological polar surface area (TPSA) is 77.2 Å². The zero-order valence-electron chi connectivity index (χ0n) is 20.9. The first kappa shape index (κ1) is 36.4. The molecule has 1 amide bonds. The number of hydrogen-bond acceptors (Lipinski definition) is 8. The van der Waals surface area contributed by atoms with E-state index < -0.39 is 0 Å². The Hall–Kier alpha value is -0.560. The summed E-state index contributed by atoms with van der Waals surface area (Å²) in [4.78, 5) is 31.1. The average molecular weight is 649 g/mol. The number of imidazole rings is 1. The molecule has 2 N–H and O–H groups in total. The number of rotatable bonds is 9. The molecule has 0 spiro atoms. The van der Waals surface area contributed by atoms with Gasteiger partial charge in [0.2, 0.25) is 5.91 Å². The highest BCUT2D eigenvalue weighted by Crippen LogP contribution is 2.33. The number of aryl methyl sites for hydroxylation is 1. The third-order valence-corrected chi connectivity index (χ3v) is 7.90. The van der Waals surface area contributed by atoms with Crippen LogP contribution in [0.5, 0.6) is 0 Å².